The molecule has 2 aromatic carbocycles. The Labute approximate surface area is 148 Å². The van der Waals surface area contributed by atoms with Gasteiger partial charge in [0.05, 0.1) is 12.2 Å². The summed E-state index contributed by atoms with van der Waals surface area (Å²) in [5.74, 6) is -0.593. The van der Waals surface area contributed by atoms with Gasteiger partial charge in [0.1, 0.15) is 0 Å². The van der Waals surface area contributed by atoms with Crippen LogP contribution in [0, 0.1) is 0 Å². The summed E-state index contributed by atoms with van der Waals surface area (Å²) in [6, 6.07) is 11.8. The van der Waals surface area contributed by atoms with E-state index in [4.69, 9.17) is 4.74 Å². The zero-order valence-corrected chi connectivity index (χ0v) is 14.4. The van der Waals surface area contributed by atoms with Gasteiger partial charge < -0.3 is 14.9 Å². The molecule has 0 atom stereocenters. The second kappa shape index (κ2) is 9.52. The van der Waals surface area contributed by atoms with Gasteiger partial charge in [-0.2, -0.15) is 0 Å². The lowest BCUT2D eigenvalue weighted by atomic mass is 10.1. The van der Waals surface area contributed by atoms with Crippen LogP contribution in [0.15, 0.2) is 42.5 Å². The average molecular weight is 340 g/mol. The predicted molar refractivity (Wildman–Crippen MR) is 99.6 cm³/mol. The fourth-order valence-electron chi connectivity index (χ4n) is 2.34. The molecule has 0 saturated carbocycles. The number of esters is 1. The molecule has 0 amide bonds. The number of hydrogen-bond donors (Lipinski definition) is 2. The number of phenols is 2. The third kappa shape index (κ3) is 5.99. The minimum atomic E-state index is -0.296. The van der Waals surface area contributed by atoms with Crippen LogP contribution in [0.5, 0.6) is 11.5 Å². The molecule has 0 aliphatic rings. The van der Waals surface area contributed by atoms with Gasteiger partial charge in [0.15, 0.2) is 11.5 Å². The molecule has 132 valence electrons. The standard InChI is InChI=1S/C21H24O4/c1-2-3-4-5-14-25-21(24)18-11-8-16(9-12-18)6-7-17-10-13-19(22)20(23)15-17/h6-13,15,22-23H,2-5,14H2,1H3/b7-6+. The second-order valence-electron chi connectivity index (χ2n) is 5.90. The Morgan fingerprint density at radius 2 is 1.60 bits per heavy atom. The number of unbranched alkanes of at least 4 members (excludes halogenated alkanes) is 3. The van der Waals surface area contributed by atoms with Gasteiger partial charge in [0, 0.05) is 0 Å². The van der Waals surface area contributed by atoms with Crippen molar-refractivity contribution < 1.29 is 19.7 Å². The molecule has 0 radical (unpaired) electrons. The quantitative estimate of drug-likeness (QED) is 0.307. The average Bonchev–Trinajstić information content (AvgIpc) is 2.63. The zero-order chi connectivity index (χ0) is 18.1. The van der Waals surface area contributed by atoms with Crippen LogP contribution >= 0.6 is 0 Å². The first kappa shape index (κ1) is 18.6. The zero-order valence-electron chi connectivity index (χ0n) is 14.4. The first-order chi connectivity index (χ1) is 12.1. The molecule has 0 aliphatic heterocycles. The number of phenolic OH excluding ortho intramolecular Hbond substituents is 2. The van der Waals surface area contributed by atoms with E-state index in [1.165, 1.54) is 12.1 Å². The molecule has 0 unspecified atom stereocenters. The predicted octanol–water partition coefficient (Wildman–Crippen LogP) is 5.01. The summed E-state index contributed by atoms with van der Waals surface area (Å²) in [6.07, 6.45) is 8.00. The van der Waals surface area contributed by atoms with E-state index >= 15 is 0 Å². The molecule has 4 heteroatoms. The third-order valence-electron chi connectivity index (χ3n) is 3.85. The Kier molecular flexibility index (Phi) is 7.08. The van der Waals surface area contributed by atoms with E-state index in [1.807, 2.05) is 24.3 Å². The fourth-order valence-corrected chi connectivity index (χ4v) is 2.34. The summed E-state index contributed by atoms with van der Waals surface area (Å²) in [5.41, 5.74) is 2.23. The molecule has 0 aromatic heterocycles. The van der Waals surface area contributed by atoms with Gasteiger partial charge in [0.2, 0.25) is 0 Å². The minimum Gasteiger partial charge on any atom is -0.504 e. The third-order valence-corrected chi connectivity index (χ3v) is 3.85. The Balaban J connectivity index is 1.89. The number of hydrogen-bond acceptors (Lipinski definition) is 4. The van der Waals surface area contributed by atoms with Crippen LogP contribution in [0.1, 0.15) is 54.1 Å². The van der Waals surface area contributed by atoms with Crippen molar-refractivity contribution in [2.75, 3.05) is 6.61 Å². The van der Waals surface area contributed by atoms with Gasteiger partial charge in [0.25, 0.3) is 0 Å². The summed E-state index contributed by atoms with van der Waals surface area (Å²) in [5, 5.41) is 18.8. The van der Waals surface area contributed by atoms with Crippen LogP contribution in [0.25, 0.3) is 12.2 Å². The number of rotatable bonds is 8. The van der Waals surface area contributed by atoms with Crippen molar-refractivity contribution in [3.63, 3.8) is 0 Å². The minimum absolute atomic E-state index is 0.144. The first-order valence-corrected chi connectivity index (χ1v) is 8.57. The van der Waals surface area contributed by atoms with E-state index in [9.17, 15) is 15.0 Å². The second-order valence-corrected chi connectivity index (χ2v) is 5.90. The lowest BCUT2D eigenvalue weighted by molar-refractivity contribution is 0.0498. The fraction of sp³-hybridized carbons (Fsp3) is 0.286. The van der Waals surface area contributed by atoms with Crippen molar-refractivity contribution in [2.24, 2.45) is 0 Å². The molecule has 0 fully saturated rings. The van der Waals surface area contributed by atoms with Crippen molar-refractivity contribution in [3.05, 3.63) is 59.2 Å². The number of aromatic hydroxyl groups is 2. The van der Waals surface area contributed by atoms with Crippen LogP contribution in [0.3, 0.4) is 0 Å². The van der Waals surface area contributed by atoms with Crippen LogP contribution in [0.4, 0.5) is 0 Å². The summed E-state index contributed by atoms with van der Waals surface area (Å²) < 4.78 is 5.26. The van der Waals surface area contributed by atoms with Crippen LogP contribution in [-0.4, -0.2) is 22.8 Å². The maximum absolute atomic E-state index is 11.9. The van der Waals surface area contributed by atoms with Gasteiger partial charge in [-0.25, -0.2) is 4.79 Å². The molecular weight excluding hydrogens is 316 g/mol. The molecule has 0 heterocycles. The van der Waals surface area contributed by atoms with Gasteiger partial charge in [-0.15, -0.1) is 0 Å². The monoisotopic (exact) mass is 340 g/mol. The molecule has 0 saturated heterocycles. The number of carbonyl (C=O) groups is 1. The van der Waals surface area contributed by atoms with Gasteiger partial charge in [-0.1, -0.05) is 56.5 Å². The Bertz CT molecular complexity index is 717. The molecule has 4 nitrogen and oxygen atoms in total. The molecule has 25 heavy (non-hydrogen) atoms. The molecule has 2 rings (SSSR count). The maximum atomic E-state index is 11.9. The highest BCUT2D eigenvalue weighted by atomic mass is 16.5. The molecule has 2 N–H and O–H groups in total. The van der Waals surface area contributed by atoms with Crippen molar-refractivity contribution in [3.8, 4) is 11.5 Å². The molecule has 2 aromatic rings. The highest BCUT2D eigenvalue weighted by Crippen LogP contribution is 2.25. The Hall–Kier alpha value is -2.75. The van der Waals surface area contributed by atoms with Crippen molar-refractivity contribution >= 4 is 18.1 Å². The van der Waals surface area contributed by atoms with E-state index < -0.39 is 0 Å². The summed E-state index contributed by atoms with van der Waals surface area (Å²) >= 11 is 0. The summed E-state index contributed by atoms with van der Waals surface area (Å²) in [4.78, 5) is 11.9. The Morgan fingerprint density at radius 1 is 0.920 bits per heavy atom. The SMILES string of the molecule is CCCCCCOC(=O)c1ccc(/C=C/c2ccc(O)c(O)c2)cc1. The topological polar surface area (TPSA) is 66.8 Å². The number of benzene rings is 2. The molecule has 0 spiro atoms. The first-order valence-electron chi connectivity index (χ1n) is 8.57. The van der Waals surface area contributed by atoms with Gasteiger partial charge in [-0.3, -0.25) is 0 Å². The largest absolute Gasteiger partial charge is 0.504 e. The van der Waals surface area contributed by atoms with Crippen molar-refractivity contribution in [2.45, 2.75) is 32.6 Å². The Morgan fingerprint density at radius 3 is 2.28 bits per heavy atom. The van der Waals surface area contributed by atoms with E-state index in [1.54, 1.807) is 18.2 Å². The number of carbonyl (C=O) groups excluding carboxylic acids is 1. The van der Waals surface area contributed by atoms with E-state index in [0.29, 0.717) is 12.2 Å². The van der Waals surface area contributed by atoms with Crippen LogP contribution in [0.2, 0.25) is 0 Å². The number of ether oxygens (including phenoxy) is 1. The molecule has 0 bridgehead atoms. The van der Waals surface area contributed by atoms with Gasteiger partial charge >= 0.3 is 5.97 Å². The molecule has 0 aliphatic carbocycles. The smallest absolute Gasteiger partial charge is 0.338 e. The lowest BCUT2D eigenvalue weighted by Gasteiger charge is -2.05. The maximum Gasteiger partial charge on any atom is 0.338 e. The lowest BCUT2D eigenvalue weighted by Crippen LogP contribution is -2.06. The van der Waals surface area contributed by atoms with E-state index in [-0.39, 0.29) is 17.5 Å². The van der Waals surface area contributed by atoms with E-state index in [2.05, 4.69) is 6.92 Å². The van der Waals surface area contributed by atoms with E-state index in [0.717, 1.165) is 36.8 Å². The highest BCUT2D eigenvalue weighted by Gasteiger charge is 2.06. The normalized spacial score (nSPS) is 10.9. The molecular formula is C21H24O4. The van der Waals surface area contributed by atoms with Crippen molar-refractivity contribution in [1.29, 1.82) is 0 Å². The highest BCUT2D eigenvalue weighted by molar-refractivity contribution is 5.89. The van der Waals surface area contributed by atoms with Gasteiger partial charge in [-0.05, 0) is 41.8 Å². The van der Waals surface area contributed by atoms with Crippen LogP contribution in [-0.2, 0) is 4.74 Å². The summed E-state index contributed by atoms with van der Waals surface area (Å²) in [7, 11) is 0. The van der Waals surface area contributed by atoms with Crippen molar-refractivity contribution in [1.82, 2.24) is 0 Å². The summed E-state index contributed by atoms with van der Waals surface area (Å²) in [6.45, 7) is 2.61. The van der Waals surface area contributed by atoms with Crippen LogP contribution < -0.4 is 0 Å².